The third kappa shape index (κ3) is 1.35. The van der Waals surface area contributed by atoms with Gasteiger partial charge in [0.15, 0.2) is 0 Å². The third-order valence-electron chi connectivity index (χ3n) is 1.19. The standard InChI is InChI=1S/C8H8O2/c1-10-8(9)7-5-3-2-4-6-7/h2-6H,1H3/i9+2. The Morgan fingerprint density at radius 2 is 1.90 bits per heavy atom. The minimum absolute atomic E-state index is 0.291. The Labute approximate surface area is 59.4 Å². The summed E-state index contributed by atoms with van der Waals surface area (Å²) in [5, 5.41) is 0. The summed E-state index contributed by atoms with van der Waals surface area (Å²) in [4.78, 5) is 10.8. The first kappa shape index (κ1) is 6.81. The van der Waals surface area contributed by atoms with Crippen LogP contribution in [-0.4, -0.2) is 13.1 Å². The Balaban J connectivity index is 2.85. The molecule has 0 aliphatic heterocycles. The largest absolute Gasteiger partial charge is 0.465 e. The first-order valence-electron chi connectivity index (χ1n) is 2.98. The van der Waals surface area contributed by atoms with Crippen LogP contribution in [0.4, 0.5) is 0 Å². The van der Waals surface area contributed by atoms with Crippen LogP contribution < -0.4 is 0 Å². The number of esters is 1. The quantitative estimate of drug-likeness (QED) is 0.434. The molecule has 0 N–H and O–H groups in total. The molecule has 1 aromatic rings. The minimum atomic E-state index is -0.291. The molecule has 0 heterocycles. The summed E-state index contributed by atoms with van der Waals surface area (Å²) < 4.78 is 4.50. The summed E-state index contributed by atoms with van der Waals surface area (Å²) in [5.41, 5.74) is 0.588. The molecule has 2 nitrogen and oxygen atoms in total. The van der Waals surface area contributed by atoms with Crippen molar-refractivity contribution in [1.29, 1.82) is 0 Å². The predicted molar refractivity (Wildman–Crippen MR) is 37.8 cm³/mol. The van der Waals surface area contributed by atoms with E-state index in [0.29, 0.717) is 5.56 Å². The molecule has 0 amide bonds. The normalized spacial score (nSPS) is 8.90. The summed E-state index contributed by atoms with van der Waals surface area (Å²) in [6.07, 6.45) is 0. The summed E-state index contributed by atoms with van der Waals surface area (Å²) >= 11 is 0. The maximum Gasteiger partial charge on any atom is 0.337 e. The second kappa shape index (κ2) is 3.01. The lowest BCUT2D eigenvalue weighted by molar-refractivity contribution is 0.0601. The average Bonchev–Trinajstić information content (AvgIpc) is 2.05. The molecule has 0 unspecified atom stereocenters. The zero-order valence-corrected chi connectivity index (χ0v) is 5.70. The lowest BCUT2D eigenvalue weighted by atomic mass is 10.2. The monoisotopic (exact) mass is 138 g/mol. The topological polar surface area (TPSA) is 26.3 Å². The van der Waals surface area contributed by atoms with Crippen molar-refractivity contribution in [2.24, 2.45) is 0 Å². The molecule has 0 radical (unpaired) electrons. The molecule has 0 aromatic heterocycles. The molecular formula is C8H8O2. The zero-order valence-electron chi connectivity index (χ0n) is 5.70. The van der Waals surface area contributed by atoms with Crippen molar-refractivity contribution in [2.75, 3.05) is 7.11 Å². The van der Waals surface area contributed by atoms with Crippen molar-refractivity contribution in [3.63, 3.8) is 0 Å². The van der Waals surface area contributed by atoms with Crippen molar-refractivity contribution in [1.82, 2.24) is 0 Å². The van der Waals surface area contributed by atoms with Crippen molar-refractivity contribution >= 4 is 5.97 Å². The van der Waals surface area contributed by atoms with Gasteiger partial charge >= 0.3 is 5.97 Å². The molecule has 0 bridgehead atoms. The van der Waals surface area contributed by atoms with Crippen LogP contribution in [0.1, 0.15) is 10.4 Å². The Hall–Kier alpha value is -1.31. The Kier molecular flexibility index (Phi) is 2.05. The zero-order chi connectivity index (χ0) is 7.40. The summed E-state index contributed by atoms with van der Waals surface area (Å²) in [5.74, 6) is -0.291. The second-order valence-electron chi connectivity index (χ2n) is 1.86. The fourth-order valence-electron chi connectivity index (χ4n) is 0.692. The predicted octanol–water partition coefficient (Wildman–Crippen LogP) is 1.47. The second-order valence-corrected chi connectivity index (χ2v) is 1.86. The number of methoxy groups -OCH3 is 1. The summed E-state index contributed by atoms with van der Waals surface area (Å²) in [6.45, 7) is 0. The Bertz CT molecular complexity index is 216. The number of benzene rings is 1. The molecule has 0 spiro atoms. The van der Waals surface area contributed by atoms with E-state index in [0.717, 1.165) is 0 Å². The van der Waals surface area contributed by atoms with Gasteiger partial charge in [-0.2, -0.15) is 0 Å². The van der Waals surface area contributed by atoms with Gasteiger partial charge in [-0.3, -0.25) is 0 Å². The van der Waals surface area contributed by atoms with Gasteiger partial charge < -0.3 is 4.74 Å². The van der Waals surface area contributed by atoms with E-state index in [9.17, 15) is 4.79 Å². The molecule has 10 heavy (non-hydrogen) atoms. The fraction of sp³-hybridized carbons (Fsp3) is 0.125. The van der Waals surface area contributed by atoms with E-state index in [2.05, 4.69) is 4.74 Å². The molecule has 0 saturated heterocycles. The highest BCUT2D eigenvalue weighted by Gasteiger charge is 2.00. The van der Waals surface area contributed by atoms with Gasteiger partial charge in [0.05, 0.1) is 12.7 Å². The van der Waals surface area contributed by atoms with Crippen LogP contribution in [-0.2, 0) is 4.74 Å². The van der Waals surface area contributed by atoms with Crippen LogP contribution in [0.2, 0.25) is 0 Å². The molecule has 1 aromatic carbocycles. The van der Waals surface area contributed by atoms with Gasteiger partial charge in [-0.1, -0.05) is 18.2 Å². The van der Waals surface area contributed by atoms with E-state index in [1.165, 1.54) is 7.11 Å². The van der Waals surface area contributed by atoms with Crippen LogP contribution in [0, 0.1) is 0 Å². The molecule has 2 heteroatoms. The van der Waals surface area contributed by atoms with Crippen LogP contribution in [0.5, 0.6) is 0 Å². The number of carbonyl (C=O) groups is 1. The lowest BCUT2D eigenvalue weighted by Crippen LogP contribution is -1.99. The molecule has 52 valence electrons. The fourth-order valence-corrected chi connectivity index (χ4v) is 0.692. The molecular weight excluding hydrogens is 130 g/mol. The minimum Gasteiger partial charge on any atom is -0.465 e. The Morgan fingerprint density at radius 3 is 2.40 bits per heavy atom. The third-order valence-corrected chi connectivity index (χ3v) is 1.19. The first-order valence-corrected chi connectivity index (χ1v) is 2.98. The number of rotatable bonds is 1. The van der Waals surface area contributed by atoms with Gasteiger partial charge in [0, 0.05) is 0 Å². The van der Waals surface area contributed by atoms with Gasteiger partial charge in [0.1, 0.15) is 0 Å². The van der Waals surface area contributed by atoms with Crippen molar-refractivity contribution in [2.45, 2.75) is 0 Å². The van der Waals surface area contributed by atoms with Crippen molar-refractivity contribution in [3.05, 3.63) is 35.9 Å². The van der Waals surface area contributed by atoms with Crippen molar-refractivity contribution < 1.29 is 9.53 Å². The van der Waals surface area contributed by atoms with E-state index in [-0.39, 0.29) is 5.97 Å². The van der Waals surface area contributed by atoms with E-state index < -0.39 is 0 Å². The van der Waals surface area contributed by atoms with Gasteiger partial charge in [-0.15, -0.1) is 0 Å². The molecule has 1 rings (SSSR count). The van der Waals surface area contributed by atoms with Gasteiger partial charge in [0.25, 0.3) is 0 Å². The smallest absolute Gasteiger partial charge is 0.337 e. The number of hydrogen-bond acceptors (Lipinski definition) is 2. The van der Waals surface area contributed by atoms with Gasteiger partial charge in [-0.05, 0) is 12.1 Å². The number of ether oxygens (including phenoxy) is 1. The number of carbonyl (C=O) groups excluding carboxylic acids is 1. The van der Waals surface area contributed by atoms with Crippen LogP contribution in [0.3, 0.4) is 0 Å². The van der Waals surface area contributed by atoms with Crippen LogP contribution in [0.25, 0.3) is 0 Å². The highest BCUT2D eigenvalue weighted by Crippen LogP contribution is 1.98. The van der Waals surface area contributed by atoms with Crippen molar-refractivity contribution in [3.8, 4) is 0 Å². The molecule has 0 aliphatic rings. The summed E-state index contributed by atoms with van der Waals surface area (Å²) in [6, 6.07) is 8.88. The molecule has 0 atom stereocenters. The Morgan fingerprint density at radius 1 is 1.30 bits per heavy atom. The average molecular weight is 138 g/mol. The van der Waals surface area contributed by atoms with Gasteiger partial charge in [0.2, 0.25) is 0 Å². The van der Waals surface area contributed by atoms with E-state index in [1.807, 2.05) is 6.07 Å². The van der Waals surface area contributed by atoms with Gasteiger partial charge in [-0.25, -0.2) is 4.79 Å². The van der Waals surface area contributed by atoms with Crippen LogP contribution >= 0.6 is 0 Å². The molecule has 0 saturated carbocycles. The SMILES string of the molecule is COC(=[18O])c1ccccc1. The first-order chi connectivity index (χ1) is 4.84. The highest BCUT2D eigenvalue weighted by atomic mass is 18.1. The maximum atomic E-state index is 10.8. The summed E-state index contributed by atoms with van der Waals surface area (Å²) in [7, 11) is 1.37. The molecule has 0 fully saturated rings. The van der Waals surface area contributed by atoms with E-state index in [1.54, 1.807) is 24.3 Å². The van der Waals surface area contributed by atoms with E-state index in [4.69, 9.17) is 0 Å². The van der Waals surface area contributed by atoms with Crippen LogP contribution in [0.15, 0.2) is 30.3 Å². The van der Waals surface area contributed by atoms with E-state index >= 15 is 0 Å². The lowest BCUT2D eigenvalue weighted by Gasteiger charge is -1.95. The maximum absolute atomic E-state index is 10.8. The number of hydrogen-bond donors (Lipinski definition) is 0. The molecule has 0 aliphatic carbocycles. The highest BCUT2D eigenvalue weighted by molar-refractivity contribution is 5.89.